The summed E-state index contributed by atoms with van der Waals surface area (Å²) in [5.41, 5.74) is 2.82. The minimum absolute atomic E-state index is 0.910. The lowest BCUT2D eigenvalue weighted by atomic mass is 10.2. The Kier molecular flexibility index (Phi) is 72.7. The molecule has 0 amide bonds. The molecule has 0 heterocycles. The molecule has 6 rings (SSSR count). The highest BCUT2D eigenvalue weighted by Gasteiger charge is 1.82. The summed E-state index contributed by atoms with van der Waals surface area (Å²) in [5, 5.41) is 0. The van der Waals surface area contributed by atoms with Gasteiger partial charge in [0.25, 0.3) is 0 Å². The van der Waals surface area contributed by atoms with Crippen molar-refractivity contribution >= 4 is 0 Å². The zero-order valence-electron chi connectivity index (χ0n) is 38.9. The van der Waals surface area contributed by atoms with Gasteiger partial charge in [0.15, 0.2) is 0 Å². The third kappa shape index (κ3) is 56.8. The van der Waals surface area contributed by atoms with E-state index in [1.807, 2.05) is 201 Å². The summed E-state index contributed by atoms with van der Waals surface area (Å²) in [6.45, 7) is 23.6. The normalized spacial score (nSPS) is 7.24. The van der Waals surface area contributed by atoms with Crippen LogP contribution in [0.5, 0.6) is 11.5 Å². The lowest BCUT2D eigenvalue weighted by molar-refractivity contribution is 0.414. The summed E-state index contributed by atoms with van der Waals surface area (Å²) in [6.07, 6.45) is 11.5. The van der Waals surface area contributed by atoms with Gasteiger partial charge in [-0.15, -0.1) is 24.7 Å². The average molecular weight is 785 g/mol. The predicted molar refractivity (Wildman–Crippen MR) is 265 cm³/mol. The number of terminal acetylenes is 2. The van der Waals surface area contributed by atoms with Crippen LogP contribution in [0.25, 0.3) is 0 Å². The molecule has 316 valence electrons. The van der Waals surface area contributed by atoms with Crippen LogP contribution in [0.1, 0.15) is 94.2 Å². The molecule has 0 saturated heterocycles. The summed E-state index contributed by atoms with van der Waals surface area (Å²) in [6, 6.07) is 64.3. The first-order chi connectivity index (χ1) is 28.6. The van der Waals surface area contributed by atoms with Crippen molar-refractivity contribution in [2.75, 3.05) is 14.2 Å². The van der Waals surface area contributed by atoms with E-state index in [4.69, 9.17) is 9.47 Å². The molecule has 6 aromatic carbocycles. The van der Waals surface area contributed by atoms with Gasteiger partial charge in [0.05, 0.1) is 14.2 Å². The van der Waals surface area contributed by atoms with Crippen LogP contribution in [0.3, 0.4) is 0 Å². The van der Waals surface area contributed by atoms with Gasteiger partial charge in [0, 0.05) is 0 Å². The molecule has 2 nitrogen and oxygen atoms in total. The van der Waals surface area contributed by atoms with Gasteiger partial charge in [-0.3, -0.25) is 0 Å². The van der Waals surface area contributed by atoms with E-state index in [1.165, 1.54) is 11.1 Å². The second kappa shape index (κ2) is 65.9. The molecule has 2 heteroatoms. The Balaban J connectivity index is -0.000000132. The van der Waals surface area contributed by atoms with Crippen LogP contribution in [0.4, 0.5) is 0 Å². The first-order valence-electron chi connectivity index (χ1n) is 20.6. The van der Waals surface area contributed by atoms with Crippen LogP contribution in [-0.2, 0) is 12.8 Å². The van der Waals surface area contributed by atoms with Crippen LogP contribution in [-0.4, -0.2) is 14.2 Å². The first kappa shape index (κ1) is 64.0. The maximum atomic E-state index is 4.91. The van der Waals surface area contributed by atoms with E-state index in [2.05, 4.69) is 87.1 Å². The highest BCUT2D eigenvalue weighted by atomic mass is 16.5. The molecule has 6 aromatic rings. The summed E-state index contributed by atoms with van der Waals surface area (Å²) < 4.78 is 9.83. The van der Waals surface area contributed by atoms with Gasteiger partial charge in [-0.25, -0.2) is 0 Å². The second-order valence-corrected chi connectivity index (χ2v) is 9.60. The minimum Gasteiger partial charge on any atom is -0.497 e. The highest BCUT2D eigenvalue weighted by molar-refractivity contribution is 5.21. The Morgan fingerprint density at radius 3 is 0.569 bits per heavy atom. The minimum atomic E-state index is 0.910. The number of rotatable bonds is 4. The SMILES string of the molecule is C#CC.C#CC.CC.CC.CC.CC.CCc1ccccc1.CCc1ccccc1.COc1ccccc1.COc1ccccc1.c1ccccc1.c1ccccc1. The molecule has 0 spiro atoms. The Morgan fingerprint density at radius 2 is 0.466 bits per heavy atom. The Morgan fingerprint density at radius 1 is 0.328 bits per heavy atom. The molecule has 0 radical (unpaired) electrons. The molecule has 0 N–H and O–H groups in total. The smallest absolute Gasteiger partial charge is 0.118 e. The fourth-order valence-electron chi connectivity index (χ4n) is 3.31. The van der Waals surface area contributed by atoms with E-state index in [-0.39, 0.29) is 0 Å². The summed E-state index contributed by atoms with van der Waals surface area (Å²) in [7, 11) is 3.32. The van der Waals surface area contributed by atoms with Crippen LogP contribution < -0.4 is 9.47 Å². The van der Waals surface area contributed by atoms with Gasteiger partial charge in [-0.2, -0.15) is 0 Å². The van der Waals surface area contributed by atoms with Crippen molar-refractivity contribution in [1.82, 2.24) is 0 Å². The maximum Gasteiger partial charge on any atom is 0.118 e. The average Bonchev–Trinajstić information content (AvgIpc) is 3.35. The molecule has 0 bridgehead atoms. The van der Waals surface area contributed by atoms with E-state index >= 15 is 0 Å². The van der Waals surface area contributed by atoms with Gasteiger partial charge < -0.3 is 9.47 Å². The van der Waals surface area contributed by atoms with E-state index in [0.717, 1.165) is 24.3 Å². The number of hydrogen-bond acceptors (Lipinski definition) is 2. The van der Waals surface area contributed by atoms with Gasteiger partial charge >= 0.3 is 0 Å². The van der Waals surface area contributed by atoms with Crippen molar-refractivity contribution in [3.63, 3.8) is 0 Å². The quantitative estimate of drug-likeness (QED) is 0.166. The molecular weight excluding hydrogens is 705 g/mol. The van der Waals surface area contributed by atoms with Gasteiger partial charge in [-0.05, 0) is 62.1 Å². The van der Waals surface area contributed by atoms with Crippen LogP contribution in [0.2, 0.25) is 0 Å². The van der Waals surface area contributed by atoms with Gasteiger partial charge in [0.1, 0.15) is 11.5 Å². The number of methoxy groups -OCH3 is 2. The molecule has 0 atom stereocenters. The molecule has 0 aliphatic rings. The number of benzene rings is 6. The van der Waals surface area contributed by atoms with Crippen LogP contribution in [0, 0.1) is 24.7 Å². The maximum absolute atomic E-state index is 4.91. The Labute approximate surface area is 359 Å². The molecule has 0 aliphatic carbocycles. The molecule has 0 unspecified atom stereocenters. The topological polar surface area (TPSA) is 18.5 Å². The van der Waals surface area contributed by atoms with Crippen molar-refractivity contribution in [3.8, 4) is 36.2 Å². The predicted octanol–water partition coefficient (Wildman–Crippen LogP) is 16.6. The summed E-state index contributed by atoms with van der Waals surface area (Å²) in [5.74, 6) is 6.32. The summed E-state index contributed by atoms with van der Waals surface area (Å²) >= 11 is 0. The lowest BCUT2D eigenvalue weighted by Gasteiger charge is -1.93. The van der Waals surface area contributed by atoms with Gasteiger partial charge in [0.2, 0.25) is 0 Å². The van der Waals surface area contributed by atoms with Crippen LogP contribution >= 0.6 is 0 Å². The van der Waals surface area contributed by atoms with E-state index in [0.29, 0.717) is 0 Å². The van der Waals surface area contributed by atoms with Crippen molar-refractivity contribution in [2.45, 2.75) is 95.9 Å². The van der Waals surface area contributed by atoms with E-state index in [1.54, 1.807) is 28.1 Å². The molecule has 58 heavy (non-hydrogen) atoms. The third-order valence-electron chi connectivity index (χ3n) is 5.79. The Hall–Kier alpha value is -5.96. The van der Waals surface area contributed by atoms with Gasteiger partial charge in [-0.1, -0.05) is 239 Å². The highest BCUT2D eigenvalue weighted by Crippen LogP contribution is 2.06. The zero-order chi connectivity index (χ0) is 45.2. The molecule has 0 fully saturated rings. The molecule has 0 saturated carbocycles. The van der Waals surface area contributed by atoms with Crippen molar-refractivity contribution < 1.29 is 9.47 Å². The lowest BCUT2D eigenvalue weighted by Crippen LogP contribution is -1.78. The summed E-state index contributed by atoms with van der Waals surface area (Å²) in [4.78, 5) is 0. The number of ether oxygens (including phenoxy) is 2. The molecule has 0 aromatic heterocycles. The van der Waals surface area contributed by atoms with E-state index < -0.39 is 0 Å². The van der Waals surface area contributed by atoms with Crippen molar-refractivity contribution in [3.05, 3.63) is 205 Å². The second-order valence-electron chi connectivity index (χ2n) is 9.60. The van der Waals surface area contributed by atoms with Crippen molar-refractivity contribution in [1.29, 1.82) is 0 Å². The van der Waals surface area contributed by atoms with Crippen molar-refractivity contribution in [2.24, 2.45) is 0 Å². The molecular formula is C56H80O2. The molecule has 0 aliphatic heterocycles. The monoisotopic (exact) mass is 785 g/mol. The standard InChI is InChI=1S/2C8H10.2C7H8O.2C6H6.2C3H4.4C2H6/c2*1-2-8-6-4-3-5-7-8;2*1-8-7-5-3-2-4-6-7;2*1-2-4-6-5-3-1;2*1-3-2;4*1-2/h2*3-7H,2H2,1H3;2*2-6H,1H3;2*1-6H;2*1H,2H3;4*1-2H3. The zero-order valence-corrected chi connectivity index (χ0v) is 38.9. The van der Waals surface area contributed by atoms with Crippen LogP contribution in [0.15, 0.2) is 194 Å². The largest absolute Gasteiger partial charge is 0.497 e. The van der Waals surface area contributed by atoms with E-state index in [9.17, 15) is 0 Å². The fraction of sp³-hybridized carbons (Fsp3) is 0.286. The number of aryl methyl sites for hydroxylation is 2. The number of para-hydroxylation sites is 2. The first-order valence-corrected chi connectivity index (χ1v) is 20.6. The Bertz CT molecular complexity index is 1270. The number of hydrogen-bond donors (Lipinski definition) is 0. The fourth-order valence-corrected chi connectivity index (χ4v) is 3.31. The third-order valence-corrected chi connectivity index (χ3v) is 5.79.